The molecule has 0 radical (unpaired) electrons. The highest BCUT2D eigenvalue weighted by Crippen LogP contribution is 2.38. The lowest BCUT2D eigenvalue weighted by atomic mass is 10.1. The van der Waals surface area contributed by atoms with Crippen LogP contribution in [0.5, 0.6) is 11.5 Å². The van der Waals surface area contributed by atoms with Gasteiger partial charge < -0.3 is 14.2 Å². The third-order valence-electron chi connectivity index (χ3n) is 4.37. The second-order valence-electron chi connectivity index (χ2n) is 7.21. The third kappa shape index (κ3) is 6.10. The van der Waals surface area contributed by atoms with E-state index >= 15 is 0 Å². The van der Waals surface area contributed by atoms with E-state index in [2.05, 4.69) is 0 Å². The molecule has 0 unspecified atom stereocenters. The smallest absolute Gasteiger partial charge is 0.345 e. The van der Waals surface area contributed by atoms with Crippen LogP contribution in [0.3, 0.4) is 0 Å². The molecule has 34 heavy (non-hydrogen) atoms. The molecular weight excluding hydrogens is 597 g/mol. The zero-order valence-corrected chi connectivity index (χ0v) is 22.0. The summed E-state index contributed by atoms with van der Waals surface area (Å²) in [5.41, 5.74) is 0.741. The highest BCUT2D eigenvalue weighted by atomic mass is 127. The molecule has 1 aliphatic heterocycles. The van der Waals surface area contributed by atoms with Crippen molar-refractivity contribution >= 4 is 75.1 Å². The Morgan fingerprint density at radius 3 is 2.56 bits per heavy atom. The zero-order chi connectivity index (χ0) is 25.0. The summed E-state index contributed by atoms with van der Waals surface area (Å²) < 4.78 is 16.5. The molecular formula is C23H19ClINO7S. The molecule has 0 N–H and O–H groups in total. The van der Waals surface area contributed by atoms with Gasteiger partial charge >= 0.3 is 11.9 Å². The van der Waals surface area contributed by atoms with Crippen LogP contribution in [0, 0.1) is 3.57 Å². The summed E-state index contributed by atoms with van der Waals surface area (Å²) in [5.74, 6) is -1.48. The summed E-state index contributed by atoms with van der Waals surface area (Å²) in [6, 6.07) is 9.73. The fraction of sp³-hybridized carbons (Fsp3) is 0.217. The number of methoxy groups -OCH3 is 1. The first kappa shape index (κ1) is 26.0. The van der Waals surface area contributed by atoms with Crippen LogP contribution in [0.4, 0.5) is 4.79 Å². The van der Waals surface area contributed by atoms with Crippen molar-refractivity contribution in [1.29, 1.82) is 0 Å². The average Bonchev–Trinajstić information content (AvgIpc) is 3.02. The maximum absolute atomic E-state index is 12.7. The van der Waals surface area contributed by atoms with E-state index in [1.807, 2.05) is 22.6 Å². The number of hydrogen-bond acceptors (Lipinski definition) is 8. The van der Waals surface area contributed by atoms with Crippen LogP contribution in [-0.2, 0) is 14.3 Å². The van der Waals surface area contributed by atoms with E-state index in [9.17, 15) is 19.2 Å². The molecule has 0 aromatic heterocycles. The second-order valence-corrected chi connectivity index (χ2v) is 9.77. The second kappa shape index (κ2) is 11.2. The maximum Gasteiger partial charge on any atom is 0.345 e. The van der Waals surface area contributed by atoms with E-state index < -0.39 is 29.6 Å². The van der Waals surface area contributed by atoms with Gasteiger partial charge in [-0.3, -0.25) is 19.3 Å². The van der Waals surface area contributed by atoms with Crippen molar-refractivity contribution in [3.8, 4) is 11.5 Å². The highest BCUT2D eigenvalue weighted by Gasteiger charge is 2.37. The van der Waals surface area contributed by atoms with Crippen molar-refractivity contribution in [3.05, 3.63) is 61.0 Å². The lowest BCUT2D eigenvalue weighted by Crippen LogP contribution is -2.35. The third-order valence-corrected chi connectivity index (χ3v) is 6.40. The summed E-state index contributed by atoms with van der Waals surface area (Å²) in [6.07, 6.45) is 1.14. The van der Waals surface area contributed by atoms with Crippen LogP contribution >= 0.6 is 46.0 Å². The van der Waals surface area contributed by atoms with Gasteiger partial charge in [0, 0.05) is 0 Å². The van der Waals surface area contributed by atoms with Gasteiger partial charge in [0.25, 0.3) is 11.1 Å². The summed E-state index contributed by atoms with van der Waals surface area (Å²) in [6.45, 7) is 2.89. The number of hydrogen-bond donors (Lipinski definition) is 0. The number of nitrogens with zero attached hydrogens (tertiary/aromatic N) is 1. The lowest BCUT2D eigenvalue weighted by Gasteiger charge is -2.14. The fourth-order valence-electron chi connectivity index (χ4n) is 2.91. The molecule has 0 bridgehead atoms. The van der Waals surface area contributed by atoms with E-state index in [0.717, 1.165) is 16.7 Å². The van der Waals surface area contributed by atoms with E-state index in [1.54, 1.807) is 50.2 Å². The minimum Gasteiger partial charge on any atom is -0.493 e. The van der Waals surface area contributed by atoms with Gasteiger partial charge in [0.05, 0.1) is 32.3 Å². The molecule has 2 aromatic carbocycles. The Morgan fingerprint density at radius 2 is 1.91 bits per heavy atom. The lowest BCUT2D eigenvalue weighted by molar-refractivity contribution is -0.149. The minimum atomic E-state index is -0.667. The molecule has 1 heterocycles. The van der Waals surface area contributed by atoms with E-state index in [4.69, 9.17) is 25.8 Å². The van der Waals surface area contributed by atoms with Gasteiger partial charge in [-0.1, -0.05) is 23.7 Å². The fourth-order valence-corrected chi connectivity index (χ4v) is 4.70. The number of esters is 2. The SMILES string of the molecule is COc1cc(/C=C2\SC(=O)N(CC(=O)OC(C)C)C2=O)cc(I)c1OC(=O)c1ccccc1Cl. The number of ether oxygens (including phenoxy) is 3. The molecule has 178 valence electrons. The zero-order valence-electron chi connectivity index (χ0n) is 18.3. The molecule has 1 aliphatic rings. The number of thioether (sulfide) groups is 1. The van der Waals surface area contributed by atoms with Gasteiger partial charge in [-0.15, -0.1) is 0 Å². The molecule has 0 saturated carbocycles. The Morgan fingerprint density at radius 1 is 1.21 bits per heavy atom. The number of halogens is 2. The summed E-state index contributed by atoms with van der Waals surface area (Å²) in [5, 5.41) is -0.310. The highest BCUT2D eigenvalue weighted by molar-refractivity contribution is 14.1. The Bertz CT molecular complexity index is 1200. The molecule has 2 amide bonds. The Balaban J connectivity index is 1.83. The first-order chi connectivity index (χ1) is 16.1. The normalized spacial score (nSPS) is 14.6. The van der Waals surface area contributed by atoms with Gasteiger partial charge in [0.2, 0.25) is 0 Å². The molecule has 3 rings (SSSR count). The number of carbonyl (C=O) groups is 4. The van der Waals surface area contributed by atoms with Crippen molar-refractivity contribution in [2.24, 2.45) is 0 Å². The van der Waals surface area contributed by atoms with Crippen molar-refractivity contribution in [2.45, 2.75) is 20.0 Å². The van der Waals surface area contributed by atoms with Crippen LogP contribution in [0.25, 0.3) is 6.08 Å². The van der Waals surface area contributed by atoms with Crippen molar-refractivity contribution < 1.29 is 33.4 Å². The minimum absolute atomic E-state index is 0.140. The number of imide groups is 1. The van der Waals surface area contributed by atoms with Crippen molar-refractivity contribution in [2.75, 3.05) is 13.7 Å². The van der Waals surface area contributed by atoms with E-state index in [-0.39, 0.29) is 33.1 Å². The Labute approximate surface area is 218 Å². The molecule has 11 heteroatoms. The van der Waals surface area contributed by atoms with E-state index in [0.29, 0.717) is 9.13 Å². The van der Waals surface area contributed by atoms with Crippen LogP contribution < -0.4 is 9.47 Å². The number of amides is 2. The quantitative estimate of drug-likeness (QED) is 0.182. The van der Waals surface area contributed by atoms with Gasteiger partial charge in [0.15, 0.2) is 11.5 Å². The van der Waals surface area contributed by atoms with Gasteiger partial charge in [0.1, 0.15) is 6.54 Å². The van der Waals surface area contributed by atoms with Crippen molar-refractivity contribution in [1.82, 2.24) is 4.90 Å². The first-order valence-corrected chi connectivity index (χ1v) is 12.2. The van der Waals surface area contributed by atoms with Gasteiger partial charge in [-0.2, -0.15) is 0 Å². The molecule has 8 nitrogen and oxygen atoms in total. The predicted octanol–water partition coefficient (Wildman–Crippen LogP) is 5.16. The molecule has 0 atom stereocenters. The van der Waals surface area contributed by atoms with Gasteiger partial charge in [-0.25, -0.2) is 4.79 Å². The largest absolute Gasteiger partial charge is 0.493 e. The van der Waals surface area contributed by atoms with Crippen LogP contribution in [0.2, 0.25) is 5.02 Å². The molecule has 1 fully saturated rings. The first-order valence-electron chi connectivity index (χ1n) is 9.89. The Kier molecular flexibility index (Phi) is 8.61. The molecule has 0 spiro atoms. The maximum atomic E-state index is 12.7. The number of carbonyl (C=O) groups excluding carboxylic acids is 4. The monoisotopic (exact) mass is 615 g/mol. The number of rotatable bonds is 7. The van der Waals surface area contributed by atoms with E-state index in [1.165, 1.54) is 13.2 Å². The summed E-state index contributed by atoms with van der Waals surface area (Å²) >= 11 is 8.77. The summed E-state index contributed by atoms with van der Waals surface area (Å²) in [7, 11) is 1.41. The molecule has 2 aromatic rings. The molecule has 0 aliphatic carbocycles. The van der Waals surface area contributed by atoms with Crippen LogP contribution in [0.15, 0.2) is 41.3 Å². The van der Waals surface area contributed by atoms with Crippen LogP contribution in [-0.4, -0.2) is 47.7 Å². The standard InChI is InChI=1S/C23H19ClINO7S/c1-12(2)32-19(27)11-26-21(28)18(34-23(26)30)10-13-8-16(25)20(17(9-13)31-3)33-22(29)14-6-4-5-7-15(14)24/h4-10,12H,11H2,1-3H3/b18-10-. The van der Waals surface area contributed by atoms with Crippen molar-refractivity contribution in [3.63, 3.8) is 0 Å². The summed E-state index contributed by atoms with van der Waals surface area (Å²) in [4.78, 5) is 50.4. The number of benzene rings is 2. The Hall–Kier alpha value is -2.57. The average molecular weight is 616 g/mol. The van der Waals surface area contributed by atoms with Crippen LogP contribution in [0.1, 0.15) is 29.8 Å². The van der Waals surface area contributed by atoms with Gasteiger partial charge in [-0.05, 0) is 84.1 Å². The molecule has 1 saturated heterocycles. The topological polar surface area (TPSA) is 99.2 Å². The predicted molar refractivity (Wildman–Crippen MR) is 136 cm³/mol.